The minimum atomic E-state index is -0.821. The molecular formula is C16H12O4. The smallest absolute Gasteiger partial charge is 0.425 e. The largest absolute Gasteiger partial charge is 0.521 e. The molecule has 3 aromatic rings. The third-order valence-electron chi connectivity index (χ3n) is 2.92. The second kappa shape index (κ2) is 5.09. The summed E-state index contributed by atoms with van der Waals surface area (Å²) in [5.41, 5.74) is 1.44. The highest BCUT2D eigenvalue weighted by atomic mass is 16.8. The van der Waals surface area contributed by atoms with E-state index >= 15 is 0 Å². The first-order chi connectivity index (χ1) is 9.74. The third-order valence-corrected chi connectivity index (χ3v) is 2.92. The molecule has 2 aromatic carbocycles. The second-order valence-electron chi connectivity index (χ2n) is 4.28. The zero-order valence-electron chi connectivity index (χ0n) is 10.8. The van der Waals surface area contributed by atoms with Gasteiger partial charge in [-0.05, 0) is 25.1 Å². The zero-order chi connectivity index (χ0) is 13.9. The number of para-hydroxylation sites is 2. The maximum absolute atomic E-state index is 11.7. The van der Waals surface area contributed by atoms with Crippen LogP contribution in [0.2, 0.25) is 0 Å². The van der Waals surface area contributed by atoms with Gasteiger partial charge in [0.15, 0.2) is 0 Å². The summed E-state index contributed by atoms with van der Waals surface area (Å²) in [5.74, 6) is 0.582. The topological polar surface area (TPSA) is 48.7 Å². The van der Waals surface area contributed by atoms with Gasteiger partial charge in [0.2, 0.25) is 0 Å². The molecule has 0 bridgehead atoms. The lowest BCUT2D eigenvalue weighted by molar-refractivity contribution is 0.141. The Morgan fingerprint density at radius 2 is 1.65 bits per heavy atom. The van der Waals surface area contributed by atoms with Crippen LogP contribution >= 0.6 is 0 Å². The molecule has 0 spiro atoms. The van der Waals surface area contributed by atoms with Crippen LogP contribution in [-0.4, -0.2) is 6.16 Å². The van der Waals surface area contributed by atoms with Crippen LogP contribution in [0.3, 0.4) is 0 Å². The van der Waals surface area contributed by atoms with Gasteiger partial charge in [-0.1, -0.05) is 36.4 Å². The molecule has 0 fully saturated rings. The Morgan fingerprint density at radius 3 is 2.40 bits per heavy atom. The Labute approximate surface area is 115 Å². The lowest BCUT2D eigenvalue weighted by Crippen LogP contribution is -2.13. The van der Waals surface area contributed by atoms with Crippen LogP contribution in [0.5, 0.6) is 11.7 Å². The van der Waals surface area contributed by atoms with Crippen molar-refractivity contribution in [2.75, 3.05) is 0 Å². The second-order valence-corrected chi connectivity index (χ2v) is 4.28. The first-order valence-corrected chi connectivity index (χ1v) is 6.17. The maximum Gasteiger partial charge on any atom is 0.521 e. The first kappa shape index (κ1) is 12.3. The van der Waals surface area contributed by atoms with E-state index in [1.165, 1.54) is 0 Å². The molecule has 0 aliphatic rings. The molecule has 0 saturated carbocycles. The SMILES string of the molecule is Cc1c(OC(=O)Oc2ccccc2)oc2ccccc12. The van der Waals surface area contributed by atoms with Crippen LogP contribution in [-0.2, 0) is 0 Å². The van der Waals surface area contributed by atoms with E-state index in [-0.39, 0.29) is 5.95 Å². The van der Waals surface area contributed by atoms with Crippen LogP contribution in [0.4, 0.5) is 4.79 Å². The molecule has 1 heterocycles. The van der Waals surface area contributed by atoms with Crippen molar-refractivity contribution in [3.63, 3.8) is 0 Å². The van der Waals surface area contributed by atoms with Crippen LogP contribution < -0.4 is 9.47 Å². The molecule has 4 heteroatoms. The van der Waals surface area contributed by atoms with Gasteiger partial charge in [-0.3, -0.25) is 0 Å². The number of carbonyl (C=O) groups excluding carboxylic acids is 1. The number of rotatable bonds is 2. The molecule has 3 rings (SSSR count). The highest BCUT2D eigenvalue weighted by Gasteiger charge is 2.16. The highest BCUT2D eigenvalue weighted by Crippen LogP contribution is 2.31. The average Bonchev–Trinajstić information content (AvgIpc) is 2.77. The quantitative estimate of drug-likeness (QED) is 0.513. The summed E-state index contributed by atoms with van der Waals surface area (Å²) in [7, 11) is 0. The molecule has 4 nitrogen and oxygen atoms in total. The molecule has 1 aromatic heterocycles. The van der Waals surface area contributed by atoms with E-state index in [0.717, 1.165) is 10.9 Å². The average molecular weight is 268 g/mol. The summed E-state index contributed by atoms with van der Waals surface area (Å²) in [6.07, 6.45) is -0.821. The Hall–Kier alpha value is -2.75. The van der Waals surface area contributed by atoms with Gasteiger partial charge < -0.3 is 13.9 Å². The van der Waals surface area contributed by atoms with E-state index in [1.807, 2.05) is 37.3 Å². The van der Waals surface area contributed by atoms with E-state index < -0.39 is 6.16 Å². The number of carbonyl (C=O) groups is 1. The summed E-state index contributed by atoms with van der Waals surface area (Å²) in [4.78, 5) is 11.7. The minimum absolute atomic E-state index is 0.159. The van der Waals surface area contributed by atoms with E-state index in [4.69, 9.17) is 13.9 Å². The van der Waals surface area contributed by atoms with Crippen molar-refractivity contribution in [2.45, 2.75) is 6.92 Å². The van der Waals surface area contributed by atoms with Crippen LogP contribution in [0.15, 0.2) is 59.0 Å². The predicted molar refractivity (Wildman–Crippen MR) is 74.0 cm³/mol. The van der Waals surface area contributed by atoms with Gasteiger partial charge in [0, 0.05) is 10.9 Å². The lowest BCUT2D eigenvalue weighted by Gasteiger charge is -2.03. The van der Waals surface area contributed by atoms with Crippen molar-refractivity contribution in [3.05, 3.63) is 60.2 Å². The van der Waals surface area contributed by atoms with E-state index in [9.17, 15) is 4.79 Å². The molecular weight excluding hydrogens is 256 g/mol. The Balaban J connectivity index is 1.79. The van der Waals surface area contributed by atoms with Gasteiger partial charge in [0.1, 0.15) is 11.3 Å². The highest BCUT2D eigenvalue weighted by molar-refractivity contribution is 5.83. The Morgan fingerprint density at radius 1 is 0.950 bits per heavy atom. The summed E-state index contributed by atoms with van der Waals surface area (Å²) < 4.78 is 15.6. The molecule has 0 aliphatic carbocycles. The number of hydrogen-bond donors (Lipinski definition) is 0. The number of aryl methyl sites for hydroxylation is 1. The molecule has 0 saturated heterocycles. The van der Waals surface area contributed by atoms with Crippen molar-refractivity contribution in [2.24, 2.45) is 0 Å². The van der Waals surface area contributed by atoms with Crippen LogP contribution in [0, 0.1) is 6.92 Å². The fraction of sp³-hybridized carbons (Fsp3) is 0.0625. The van der Waals surface area contributed by atoms with Crippen molar-refractivity contribution >= 4 is 17.1 Å². The fourth-order valence-corrected chi connectivity index (χ4v) is 1.93. The molecule has 0 unspecified atom stereocenters. The van der Waals surface area contributed by atoms with E-state index in [2.05, 4.69) is 0 Å². The molecule has 0 N–H and O–H groups in total. The number of hydrogen-bond acceptors (Lipinski definition) is 4. The predicted octanol–water partition coefficient (Wildman–Crippen LogP) is 4.32. The van der Waals surface area contributed by atoms with Crippen LogP contribution in [0.25, 0.3) is 11.0 Å². The first-order valence-electron chi connectivity index (χ1n) is 6.17. The monoisotopic (exact) mass is 268 g/mol. The van der Waals surface area contributed by atoms with Gasteiger partial charge >= 0.3 is 6.16 Å². The molecule has 20 heavy (non-hydrogen) atoms. The third kappa shape index (κ3) is 2.36. The van der Waals surface area contributed by atoms with Crippen molar-refractivity contribution in [1.29, 1.82) is 0 Å². The minimum Gasteiger partial charge on any atom is -0.425 e. The van der Waals surface area contributed by atoms with E-state index in [0.29, 0.717) is 11.3 Å². The van der Waals surface area contributed by atoms with Gasteiger partial charge in [-0.25, -0.2) is 4.79 Å². The maximum atomic E-state index is 11.7. The van der Waals surface area contributed by atoms with Gasteiger partial charge in [-0.2, -0.15) is 0 Å². The van der Waals surface area contributed by atoms with Crippen molar-refractivity contribution < 1.29 is 18.7 Å². The molecule has 0 atom stereocenters. The van der Waals surface area contributed by atoms with Crippen molar-refractivity contribution in [1.82, 2.24) is 0 Å². The van der Waals surface area contributed by atoms with Gasteiger partial charge in [0.05, 0.1) is 0 Å². The Bertz CT molecular complexity index is 744. The summed E-state index contributed by atoms with van der Waals surface area (Å²) in [6.45, 7) is 1.83. The standard InChI is InChI=1S/C16H12O4/c1-11-13-9-5-6-10-14(13)19-15(11)20-16(17)18-12-7-3-2-4-8-12/h2-10H,1H3. The molecule has 0 amide bonds. The lowest BCUT2D eigenvalue weighted by atomic mass is 10.2. The summed E-state index contributed by atoms with van der Waals surface area (Å²) >= 11 is 0. The number of furan rings is 1. The normalized spacial score (nSPS) is 10.4. The summed E-state index contributed by atoms with van der Waals surface area (Å²) in [5, 5.41) is 0.912. The van der Waals surface area contributed by atoms with E-state index in [1.54, 1.807) is 24.3 Å². The number of ether oxygens (including phenoxy) is 2. The summed E-state index contributed by atoms with van der Waals surface area (Å²) in [6, 6.07) is 16.2. The zero-order valence-corrected chi connectivity index (χ0v) is 10.8. The molecule has 100 valence electrons. The van der Waals surface area contributed by atoms with Crippen molar-refractivity contribution in [3.8, 4) is 11.7 Å². The van der Waals surface area contributed by atoms with Gasteiger partial charge in [0.25, 0.3) is 5.95 Å². The number of benzene rings is 2. The van der Waals surface area contributed by atoms with Crippen LogP contribution in [0.1, 0.15) is 5.56 Å². The number of fused-ring (bicyclic) bond motifs is 1. The molecule has 0 aliphatic heterocycles. The van der Waals surface area contributed by atoms with Gasteiger partial charge in [-0.15, -0.1) is 0 Å². The molecule has 0 radical (unpaired) electrons. The Kier molecular flexibility index (Phi) is 3.13. The fourth-order valence-electron chi connectivity index (χ4n) is 1.93.